The van der Waals surface area contributed by atoms with Gasteiger partial charge in [0.1, 0.15) is 0 Å². The quantitative estimate of drug-likeness (QED) is 0.668. The second-order valence-corrected chi connectivity index (χ2v) is 5.91. The summed E-state index contributed by atoms with van der Waals surface area (Å²) < 4.78 is 5.44. The minimum absolute atomic E-state index is 0.208. The number of pyridine rings is 1. The van der Waals surface area contributed by atoms with Crippen LogP contribution in [0, 0.1) is 0 Å². The van der Waals surface area contributed by atoms with Gasteiger partial charge in [-0.3, -0.25) is 0 Å². The lowest BCUT2D eigenvalue weighted by molar-refractivity contribution is 0.327. The molecule has 0 saturated heterocycles. The monoisotopic (exact) mass is 350 g/mol. The Bertz CT molecular complexity index is 854. The number of anilines is 3. The molecule has 0 fully saturated rings. The normalized spacial score (nSPS) is 10.6. The maximum atomic E-state index is 5.44. The molecule has 7 nitrogen and oxygen atoms in total. The van der Waals surface area contributed by atoms with Crippen molar-refractivity contribution in [2.75, 3.05) is 17.2 Å². The van der Waals surface area contributed by atoms with Crippen LogP contribution in [-0.4, -0.2) is 32.6 Å². The van der Waals surface area contributed by atoms with Crippen LogP contribution in [0.25, 0.3) is 11.4 Å². The maximum Gasteiger partial charge on any atom is 0.232 e. The molecule has 0 amide bonds. The highest BCUT2D eigenvalue weighted by Crippen LogP contribution is 2.21. The van der Waals surface area contributed by atoms with Gasteiger partial charge >= 0.3 is 0 Å². The first-order chi connectivity index (χ1) is 12.6. The van der Waals surface area contributed by atoms with E-state index in [9.17, 15) is 0 Å². The number of nitrogens with zero attached hydrogens (tertiary/aromatic N) is 4. The van der Waals surface area contributed by atoms with E-state index >= 15 is 0 Å². The molecular formula is C19H22N6O. The van der Waals surface area contributed by atoms with Crippen LogP contribution in [0.5, 0.6) is 5.88 Å². The lowest BCUT2D eigenvalue weighted by atomic mass is 10.2. The van der Waals surface area contributed by atoms with Crippen LogP contribution in [0.2, 0.25) is 0 Å². The molecule has 0 unspecified atom stereocenters. The molecular weight excluding hydrogens is 328 g/mol. The topological polar surface area (TPSA) is 84.9 Å². The van der Waals surface area contributed by atoms with Crippen molar-refractivity contribution >= 4 is 17.6 Å². The van der Waals surface area contributed by atoms with Crippen molar-refractivity contribution in [3.63, 3.8) is 0 Å². The van der Waals surface area contributed by atoms with E-state index in [0.717, 1.165) is 11.3 Å². The van der Waals surface area contributed by atoms with Crippen LogP contribution >= 0.6 is 0 Å². The minimum Gasteiger partial charge on any atom is -0.478 e. The van der Waals surface area contributed by atoms with Gasteiger partial charge in [0.15, 0.2) is 5.82 Å². The molecule has 0 atom stereocenters. The highest BCUT2D eigenvalue weighted by atomic mass is 16.5. The Morgan fingerprint density at radius 3 is 2.50 bits per heavy atom. The number of ether oxygens (including phenoxy) is 1. The second kappa shape index (κ2) is 8.24. The highest BCUT2D eigenvalue weighted by Gasteiger charge is 2.10. The largest absolute Gasteiger partial charge is 0.478 e. The van der Waals surface area contributed by atoms with Crippen molar-refractivity contribution in [2.24, 2.45) is 0 Å². The van der Waals surface area contributed by atoms with Crippen LogP contribution in [-0.2, 0) is 0 Å². The Hall–Kier alpha value is -3.22. The van der Waals surface area contributed by atoms with Gasteiger partial charge < -0.3 is 15.4 Å². The first-order valence-electron chi connectivity index (χ1n) is 8.58. The smallest absolute Gasteiger partial charge is 0.232 e. The zero-order valence-electron chi connectivity index (χ0n) is 15.1. The molecule has 2 heterocycles. The summed E-state index contributed by atoms with van der Waals surface area (Å²) in [6.07, 6.45) is 1.68. The third kappa shape index (κ3) is 4.66. The molecule has 3 aromatic rings. The predicted octanol–water partition coefficient (Wildman–Crippen LogP) is 3.90. The average Bonchev–Trinajstić information content (AvgIpc) is 2.62. The van der Waals surface area contributed by atoms with Crippen molar-refractivity contribution in [1.82, 2.24) is 19.9 Å². The summed E-state index contributed by atoms with van der Waals surface area (Å²) in [5.41, 5.74) is 1.72. The van der Waals surface area contributed by atoms with Gasteiger partial charge in [0.25, 0.3) is 0 Å². The molecule has 134 valence electrons. The van der Waals surface area contributed by atoms with E-state index < -0.39 is 0 Å². The zero-order valence-corrected chi connectivity index (χ0v) is 15.1. The van der Waals surface area contributed by atoms with Crippen LogP contribution < -0.4 is 15.4 Å². The van der Waals surface area contributed by atoms with Gasteiger partial charge in [-0.25, -0.2) is 4.98 Å². The van der Waals surface area contributed by atoms with Crippen molar-refractivity contribution in [2.45, 2.75) is 26.8 Å². The summed E-state index contributed by atoms with van der Waals surface area (Å²) >= 11 is 0. The number of hydrogen-bond acceptors (Lipinski definition) is 7. The van der Waals surface area contributed by atoms with Crippen molar-refractivity contribution in [3.05, 3.63) is 48.7 Å². The molecule has 2 N–H and O–H groups in total. The fourth-order valence-electron chi connectivity index (χ4n) is 2.31. The molecule has 0 spiro atoms. The van der Waals surface area contributed by atoms with Gasteiger partial charge in [0.05, 0.1) is 6.61 Å². The maximum absolute atomic E-state index is 5.44. The molecule has 0 aliphatic carbocycles. The molecule has 0 bridgehead atoms. The van der Waals surface area contributed by atoms with Gasteiger partial charge in [0, 0.05) is 29.6 Å². The van der Waals surface area contributed by atoms with Crippen LogP contribution in [0.3, 0.4) is 0 Å². The Balaban J connectivity index is 1.94. The number of nitrogens with one attached hydrogen (secondary N) is 2. The van der Waals surface area contributed by atoms with Gasteiger partial charge in [-0.05, 0) is 26.8 Å². The van der Waals surface area contributed by atoms with Crippen molar-refractivity contribution < 1.29 is 4.74 Å². The standard InChI is InChI=1S/C19H22N6O/c1-4-26-16-12-15(10-11-20-16)22-19-24-17(14-8-6-5-7-9-14)23-18(25-19)21-13(2)3/h5-13H,4H2,1-3H3,(H2,20,21,22,23,24,25). The summed E-state index contributed by atoms with van der Waals surface area (Å²) in [4.78, 5) is 17.7. The third-order valence-electron chi connectivity index (χ3n) is 3.37. The van der Waals surface area contributed by atoms with Crippen LogP contribution in [0.1, 0.15) is 20.8 Å². The number of rotatable bonds is 7. The Morgan fingerprint density at radius 2 is 1.77 bits per heavy atom. The SMILES string of the molecule is CCOc1cc(Nc2nc(NC(C)C)nc(-c3ccccc3)n2)ccn1. The van der Waals surface area contributed by atoms with Gasteiger partial charge in [-0.2, -0.15) is 15.0 Å². The number of benzene rings is 1. The lowest BCUT2D eigenvalue weighted by Crippen LogP contribution is -2.14. The first-order valence-corrected chi connectivity index (χ1v) is 8.58. The summed E-state index contributed by atoms with van der Waals surface area (Å²) in [7, 11) is 0. The zero-order chi connectivity index (χ0) is 18.4. The third-order valence-corrected chi connectivity index (χ3v) is 3.37. The van der Waals surface area contributed by atoms with Crippen molar-refractivity contribution in [3.8, 4) is 17.3 Å². The van der Waals surface area contributed by atoms with Crippen LogP contribution in [0.15, 0.2) is 48.7 Å². The average molecular weight is 350 g/mol. The molecule has 3 rings (SSSR count). The Morgan fingerprint density at radius 1 is 1.00 bits per heavy atom. The van der Waals surface area contributed by atoms with E-state index in [2.05, 4.69) is 30.6 Å². The van der Waals surface area contributed by atoms with Crippen molar-refractivity contribution in [1.29, 1.82) is 0 Å². The Kier molecular flexibility index (Phi) is 5.58. The number of hydrogen-bond donors (Lipinski definition) is 2. The molecule has 2 aromatic heterocycles. The molecule has 7 heteroatoms. The fourth-order valence-corrected chi connectivity index (χ4v) is 2.31. The lowest BCUT2D eigenvalue weighted by Gasteiger charge is -2.12. The van der Waals surface area contributed by atoms with E-state index in [1.165, 1.54) is 0 Å². The van der Waals surface area contributed by atoms with Crippen LogP contribution in [0.4, 0.5) is 17.6 Å². The summed E-state index contributed by atoms with van der Waals surface area (Å²) in [6.45, 7) is 6.55. The number of aromatic nitrogens is 4. The second-order valence-electron chi connectivity index (χ2n) is 5.91. The molecule has 0 saturated carbocycles. The fraction of sp³-hybridized carbons (Fsp3) is 0.263. The van der Waals surface area contributed by atoms with Gasteiger partial charge in [-0.1, -0.05) is 30.3 Å². The summed E-state index contributed by atoms with van der Waals surface area (Å²) in [5, 5.41) is 6.44. The van der Waals surface area contributed by atoms with E-state index in [-0.39, 0.29) is 6.04 Å². The van der Waals surface area contributed by atoms with E-state index in [1.54, 1.807) is 6.20 Å². The van der Waals surface area contributed by atoms with E-state index in [0.29, 0.717) is 30.2 Å². The minimum atomic E-state index is 0.208. The molecule has 0 aliphatic heterocycles. The molecule has 1 aromatic carbocycles. The van der Waals surface area contributed by atoms with Gasteiger partial charge in [-0.15, -0.1) is 0 Å². The van der Waals surface area contributed by atoms with Gasteiger partial charge in [0.2, 0.25) is 17.8 Å². The first kappa shape index (κ1) is 17.6. The Labute approximate surface area is 152 Å². The molecule has 26 heavy (non-hydrogen) atoms. The van der Waals surface area contributed by atoms with E-state index in [1.807, 2.05) is 63.2 Å². The van der Waals surface area contributed by atoms with E-state index in [4.69, 9.17) is 4.74 Å². The molecule has 0 radical (unpaired) electrons. The predicted molar refractivity (Wildman–Crippen MR) is 103 cm³/mol. The summed E-state index contributed by atoms with van der Waals surface area (Å²) in [6, 6.07) is 13.7. The highest BCUT2D eigenvalue weighted by molar-refractivity contribution is 5.61. The molecule has 0 aliphatic rings. The summed E-state index contributed by atoms with van der Waals surface area (Å²) in [5.74, 6) is 2.13.